The number of carbonyl (C=O) groups is 1. The molecular formula is C17H15NO3. The highest BCUT2D eigenvalue weighted by atomic mass is 16.3. The number of aromatic hydroxyl groups is 1. The van der Waals surface area contributed by atoms with Crippen LogP contribution in [0.4, 0.5) is 5.69 Å². The van der Waals surface area contributed by atoms with E-state index in [1.165, 1.54) is 12.1 Å². The van der Waals surface area contributed by atoms with Crippen molar-refractivity contribution in [3.05, 3.63) is 59.7 Å². The third-order valence-corrected chi connectivity index (χ3v) is 2.70. The first kappa shape index (κ1) is 14.6. The van der Waals surface area contributed by atoms with E-state index in [0.717, 1.165) is 5.56 Å². The number of nitrogens with one attached hydrogen (secondary N) is 1. The van der Waals surface area contributed by atoms with Gasteiger partial charge in [0.15, 0.2) is 0 Å². The molecule has 0 spiro atoms. The first-order chi connectivity index (χ1) is 10.2. The lowest BCUT2D eigenvalue weighted by Crippen LogP contribution is -2.11. The van der Waals surface area contributed by atoms with Crippen LogP contribution in [0.1, 0.15) is 22.3 Å². The summed E-state index contributed by atoms with van der Waals surface area (Å²) in [4.78, 5) is 12.0. The summed E-state index contributed by atoms with van der Waals surface area (Å²) in [6.45, 7) is 0.0287. The van der Waals surface area contributed by atoms with Crippen molar-refractivity contribution in [2.75, 3.05) is 11.9 Å². The van der Waals surface area contributed by atoms with Crippen LogP contribution in [0.5, 0.6) is 5.75 Å². The molecule has 2 aromatic rings. The predicted octanol–water partition coefficient (Wildman–Crippen LogP) is 2.38. The number of hydrogen-bond acceptors (Lipinski definition) is 3. The SMILES string of the molecule is O=C(Nc1cccc(C#CCCO)c1)c1cccc(O)c1. The largest absolute Gasteiger partial charge is 0.508 e. The lowest BCUT2D eigenvalue weighted by Gasteiger charge is -2.06. The molecule has 0 heterocycles. The number of amides is 1. The quantitative estimate of drug-likeness (QED) is 0.757. The van der Waals surface area contributed by atoms with Crippen LogP contribution in [0, 0.1) is 11.8 Å². The minimum Gasteiger partial charge on any atom is -0.508 e. The zero-order valence-corrected chi connectivity index (χ0v) is 11.3. The molecule has 4 nitrogen and oxygen atoms in total. The molecular weight excluding hydrogens is 266 g/mol. The number of anilines is 1. The molecule has 0 unspecified atom stereocenters. The predicted molar refractivity (Wildman–Crippen MR) is 81.1 cm³/mol. The van der Waals surface area contributed by atoms with E-state index in [1.54, 1.807) is 30.3 Å². The molecule has 0 bridgehead atoms. The van der Waals surface area contributed by atoms with Crippen molar-refractivity contribution < 1.29 is 15.0 Å². The van der Waals surface area contributed by atoms with Crippen LogP contribution in [0.15, 0.2) is 48.5 Å². The third-order valence-electron chi connectivity index (χ3n) is 2.70. The van der Waals surface area contributed by atoms with Crippen LogP contribution in [-0.4, -0.2) is 22.7 Å². The average Bonchev–Trinajstić information content (AvgIpc) is 2.48. The van der Waals surface area contributed by atoms with Crippen molar-refractivity contribution in [3.63, 3.8) is 0 Å². The number of benzene rings is 2. The van der Waals surface area contributed by atoms with E-state index in [1.807, 2.05) is 6.07 Å². The number of hydrogen-bond donors (Lipinski definition) is 3. The molecule has 2 aromatic carbocycles. The zero-order valence-electron chi connectivity index (χ0n) is 11.3. The summed E-state index contributed by atoms with van der Waals surface area (Å²) in [5.74, 6) is 5.48. The second kappa shape index (κ2) is 7.13. The topological polar surface area (TPSA) is 69.6 Å². The Hall–Kier alpha value is -2.77. The second-order valence-electron chi connectivity index (χ2n) is 4.36. The molecule has 0 radical (unpaired) electrons. The fourth-order valence-electron chi connectivity index (χ4n) is 1.75. The van der Waals surface area contributed by atoms with Crippen LogP contribution in [0.25, 0.3) is 0 Å². The van der Waals surface area contributed by atoms with E-state index < -0.39 is 0 Å². The number of carbonyl (C=O) groups excluding carboxylic acids is 1. The van der Waals surface area contributed by atoms with Gasteiger partial charge in [0.2, 0.25) is 0 Å². The number of phenolic OH excluding ortho intramolecular Hbond substituents is 1. The molecule has 0 saturated carbocycles. The fraction of sp³-hybridized carbons (Fsp3) is 0.118. The Labute approximate surface area is 123 Å². The molecule has 0 aliphatic heterocycles. The van der Waals surface area contributed by atoms with E-state index in [4.69, 9.17) is 5.11 Å². The van der Waals surface area contributed by atoms with Gasteiger partial charge in [-0.15, -0.1) is 0 Å². The fourth-order valence-corrected chi connectivity index (χ4v) is 1.75. The number of rotatable bonds is 3. The summed E-state index contributed by atoms with van der Waals surface area (Å²) in [5, 5.41) is 20.8. The molecule has 4 heteroatoms. The minimum atomic E-state index is -0.300. The van der Waals surface area contributed by atoms with Gasteiger partial charge in [0, 0.05) is 23.2 Å². The Kier molecular flexibility index (Phi) is 4.97. The number of aliphatic hydroxyl groups excluding tert-OH is 1. The molecule has 0 aliphatic rings. The number of phenols is 1. The first-order valence-electron chi connectivity index (χ1n) is 6.49. The number of aliphatic hydroxyl groups is 1. The highest BCUT2D eigenvalue weighted by molar-refractivity contribution is 6.04. The van der Waals surface area contributed by atoms with E-state index in [0.29, 0.717) is 17.7 Å². The Morgan fingerprint density at radius 1 is 1.14 bits per heavy atom. The van der Waals surface area contributed by atoms with Gasteiger partial charge in [-0.3, -0.25) is 4.79 Å². The van der Waals surface area contributed by atoms with Gasteiger partial charge in [0.05, 0.1) is 6.61 Å². The second-order valence-corrected chi connectivity index (χ2v) is 4.36. The van der Waals surface area contributed by atoms with Crippen molar-refractivity contribution in [1.82, 2.24) is 0 Å². The standard InChI is InChI=1S/C17H15NO3/c19-10-2-1-5-13-6-3-8-15(11-13)18-17(21)14-7-4-9-16(20)12-14/h3-4,6-9,11-12,19-20H,2,10H2,(H,18,21). The third kappa shape index (κ3) is 4.37. The average molecular weight is 281 g/mol. The lowest BCUT2D eigenvalue weighted by molar-refractivity contribution is 0.102. The van der Waals surface area contributed by atoms with Crippen LogP contribution in [0.2, 0.25) is 0 Å². The van der Waals surface area contributed by atoms with Gasteiger partial charge >= 0.3 is 0 Å². The van der Waals surface area contributed by atoms with Crippen LogP contribution in [0.3, 0.4) is 0 Å². The smallest absolute Gasteiger partial charge is 0.255 e. The zero-order chi connectivity index (χ0) is 15.1. The van der Waals surface area contributed by atoms with Gasteiger partial charge in [-0.1, -0.05) is 24.0 Å². The van der Waals surface area contributed by atoms with E-state index in [-0.39, 0.29) is 18.3 Å². The summed E-state index contributed by atoms with van der Waals surface area (Å²) in [5.41, 5.74) is 1.77. The Morgan fingerprint density at radius 3 is 2.71 bits per heavy atom. The maximum absolute atomic E-state index is 12.0. The van der Waals surface area contributed by atoms with E-state index >= 15 is 0 Å². The highest BCUT2D eigenvalue weighted by Crippen LogP contribution is 2.14. The van der Waals surface area contributed by atoms with Gasteiger partial charge in [0.1, 0.15) is 5.75 Å². The molecule has 1 amide bonds. The van der Waals surface area contributed by atoms with Gasteiger partial charge in [-0.2, -0.15) is 0 Å². The molecule has 0 aliphatic carbocycles. The molecule has 21 heavy (non-hydrogen) atoms. The molecule has 0 saturated heterocycles. The molecule has 0 aromatic heterocycles. The van der Waals surface area contributed by atoms with Crippen molar-refractivity contribution in [3.8, 4) is 17.6 Å². The van der Waals surface area contributed by atoms with Gasteiger partial charge in [0.25, 0.3) is 5.91 Å². The van der Waals surface area contributed by atoms with Crippen molar-refractivity contribution in [2.45, 2.75) is 6.42 Å². The molecule has 0 atom stereocenters. The first-order valence-corrected chi connectivity index (χ1v) is 6.49. The highest BCUT2D eigenvalue weighted by Gasteiger charge is 2.06. The van der Waals surface area contributed by atoms with Crippen LogP contribution < -0.4 is 5.32 Å². The monoisotopic (exact) mass is 281 g/mol. The Morgan fingerprint density at radius 2 is 1.95 bits per heavy atom. The summed E-state index contributed by atoms with van der Waals surface area (Å²) in [7, 11) is 0. The summed E-state index contributed by atoms with van der Waals surface area (Å²) < 4.78 is 0. The normalized spacial score (nSPS) is 9.57. The van der Waals surface area contributed by atoms with Crippen molar-refractivity contribution >= 4 is 11.6 Å². The van der Waals surface area contributed by atoms with Crippen LogP contribution >= 0.6 is 0 Å². The van der Waals surface area contributed by atoms with Crippen molar-refractivity contribution in [1.29, 1.82) is 0 Å². The minimum absolute atomic E-state index is 0.0287. The Balaban J connectivity index is 2.11. The Bertz CT molecular complexity index is 698. The van der Waals surface area contributed by atoms with E-state index in [9.17, 15) is 9.90 Å². The van der Waals surface area contributed by atoms with Gasteiger partial charge in [-0.05, 0) is 36.4 Å². The van der Waals surface area contributed by atoms with Gasteiger partial charge in [-0.25, -0.2) is 0 Å². The summed E-state index contributed by atoms with van der Waals surface area (Å²) in [6, 6.07) is 13.3. The van der Waals surface area contributed by atoms with Gasteiger partial charge < -0.3 is 15.5 Å². The van der Waals surface area contributed by atoms with E-state index in [2.05, 4.69) is 17.2 Å². The molecule has 106 valence electrons. The molecule has 2 rings (SSSR count). The maximum Gasteiger partial charge on any atom is 0.255 e. The summed E-state index contributed by atoms with van der Waals surface area (Å²) >= 11 is 0. The lowest BCUT2D eigenvalue weighted by atomic mass is 10.1. The summed E-state index contributed by atoms with van der Waals surface area (Å²) in [6.07, 6.45) is 0.417. The van der Waals surface area contributed by atoms with Crippen molar-refractivity contribution in [2.24, 2.45) is 0 Å². The molecule has 3 N–H and O–H groups in total. The molecule has 0 fully saturated rings. The van der Waals surface area contributed by atoms with Crippen LogP contribution in [-0.2, 0) is 0 Å². The maximum atomic E-state index is 12.0.